The van der Waals surface area contributed by atoms with Crippen LogP contribution in [-0.2, 0) is 16.0 Å². The normalized spacial score (nSPS) is 10.5. The van der Waals surface area contributed by atoms with Crippen molar-refractivity contribution >= 4 is 29.1 Å². The fourth-order valence-corrected chi connectivity index (χ4v) is 3.23. The van der Waals surface area contributed by atoms with Gasteiger partial charge in [0, 0.05) is 22.8 Å². The van der Waals surface area contributed by atoms with Gasteiger partial charge in [0.1, 0.15) is 5.01 Å². The number of hydrogen-bond donors (Lipinski definition) is 1. The van der Waals surface area contributed by atoms with E-state index in [1.165, 1.54) is 17.5 Å². The summed E-state index contributed by atoms with van der Waals surface area (Å²) in [7, 11) is 0. The Bertz CT molecular complexity index is 949. The molecule has 9 heteroatoms. The van der Waals surface area contributed by atoms with E-state index in [9.17, 15) is 9.59 Å². The molecular formula is C19H20N4O4S. The van der Waals surface area contributed by atoms with Crippen molar-refractivity contribution < 1.29 is 19.1 Å². The molecule has 28 heavy (non-hydrogen) atoms. The molecule has 0 saturated heterocycles. The summed E-state index contributed by atoms with van der Waals surface area (Å²) in [6, 6.07) is 7.36. The molecular weight excluding hydrogens is 380 g/mol. The SMILES string of the molecule is CCOC(=O)Nc1ccc(-c2csc(Cn3cc(C(=O)OCC)cn3)n2)cc1. The van der Waals surface area contributed by atoms with E-state index in [0.29, 0.717) is 31.0 Å². The first-order valence-corrected chi connectivity index (χ1v) is 9.65. The van der Waals surface area contributed by atoms with Crippen LogP contribution in [0.3, 0.4) is 0 Å². The predicted molar refractivity (Wildman–Crippen MR) is 105 cm³/mol. The van der Waals surface area contributed by atoms with E-state index in [1.54, 1.807) is 36.9 Å². The first-order valence-electron chi connectivity index (χ1n) is 8.77. The molecule has 0 aliphatic carbocycles. The Labute approximate surface area is 166 Å². The highest BCUT2D eigenvalue weighted by Crippen LogP contribution is 2.24. The summed E-state index contributed by atoms with van der Waals surface area (Å²) < 4.78 is 11.5. The Balaban J connectivity index is 1.64. The van der Waals surface area contributed by atoms with Crippen LogP contribution in [0.1, 0.15) is 29.2 Å². The van der Waals surface area contributed by atoms with Gasteiger partial charge in [0.2, 0.25) is 0 Å². The zero-order valence-electron chi connectivity index (χ0n) is 15.5. The van der Waals surface area contributed by atoms with Crippen LogP contribution in [0.5, 0.6) is 0 Å². The minimum atomic E-state index is -0.479. The largest absolute Gasteiger partial charge is 0.462 e. The monoisotopic (exact) mass is 400 g/mol. The molecule has 0 radical (unpaired) electrons. The van der Waals surface area contributed by atoms with Gasteiger partial charge in [-0.1, -0.05) is 12.1 Å². The molecule has 0 unspecified atom stereocenters. The number of rotatable bonds is 7. The van der Waals surface area contributed by atoms with E-state index < -0.39 is 6.09 Å². The van der Waals surface area contributed by atoms with E-state index in [-0.39, 0.29) is 5.97 Å². The molecule has 0 atom stereocenters. The van der Waals surface area contributed by atoms with E-state index in [2.05, 4.69) is 15.4 Å². The molecule has 146 valence electrons. The highest BCUT2D eigenvalue weighted by molar-refractivity contribution is 7.09. The fraction of sp³-hybridized carbons (Fsp3) is 0.263. The van der Waals surface area contributed by atoms with Gasteiger partial charge in [0.25, 0.3) is 0 Å². The molecule has 0 bridgehead atoms. The number of aromatic nitrogens is 3. The average molecular weight is 400 g/mol. The first-order chi connectivity index (χ1) is 13.6. The fourth-order valence-electron chi connectivity index (χ4n) is 2.43. The van der Waals surface area contributed by atoms with Crippen molar-refractivity contribution in [1.82, 2.24) is 14.8 Å². The van der Waals surface area contributed by atoms with Crippen molar-refractivity contribution in [1.29, 1.82) is 0 Å². The van der Waals surface area contributed by atoms with Crippen molar-refractivity contribution in [2.24, 2.45) is 0 Å². The molecule has 8 nitrogen and oxygen atoms in total. The first kappa shape index (κ1) is 19.6. The summed E-state index contributed by atoms with van der Waals surface area (Å²) >= 11 is 1.51. The number of carbonyl (C=O) groups is 2. The summed E-state index contributed by atoms with van der Waals surface area (Å²) in [5.74, 6) is -0.384. The second kappa shape index (κ2) is 9.14. The summed E-state index contributed by atoms with van der Waals surface area (Å²) in [6.45, 7) is 4.63. The van der Waals surface area contributed by atoms with Gasteiger partial charge in [-0.15, -0.1) is 11.3 Å². The smallest absolute Gasteiger partial charge is 0.411 e. The molecule has 3 aromatic rings. The van der Waals surface area contributed by atoms with Crippen LogP contribution >= 0.6 is 11.3 Å². The van der Waals surface area contributed by atoms with Crippen LogP contribution < -0.4 is 5.32 Å². The predicted octanol–water partition coefficient (Wildman–Crippen LogP) is 3.80. The molecule has 0 aliphatic heterocycles. The summed E-state index contributed by atoms with van der Waals surface area (Å²) in [6.07, 6.45) is 2.66. The van der Waals surface area contributed by atoms with Crippen molar-refractivity contribution in [3.8, 4) is 11.3 Å². The van der Waals surface area contributed by atoms with Gasteiger partial charge < -0.3 is 9.47 Å². The second-order valence-corrected chi connectivity index (χ2v) is 6.64. The second-order valence-electron chi connectivity index (χ2n) is 5.70. The Morgan fingerprint density at radius 2 is 1.89 bits per heavy atom. The topological polar surface area (TPSA) is 95.3 Å². The molecule has 0 saturated carbocycles. The molecule has 0 spiro atoms. The van der Waals surface area contributed by atoms with Crippen LogP contribution in [0.4, 0.5) is 10.5 Å². The Kier molecular flexibility index (Phi) is 6.38. The van der Waals surface area contributed by atoms with E-state index in [0.717, 1.165) is 16.3 Å². The van der Waals surface area contributed by atoms with Crippen molar-refractivity contribution in [2.45, 2.75) is 20.4 Å². The Morgan fingerprint density at radius 3 is 2.61 bits per heavy atom. The average Bonchev–Trinajstić information content (AvgIpc) is 3.33. The number of carbonyl (C=O) groups excluding carboxylic acids is 2. The van der Waals surface area contributed by atoms with Gasteiger partial charge in [-0.2, -0.15) is 5.10 Å². The van der Waals surface area contributed by atoms with E-state index >= 15 is 0 Å². The van der Waals surface area contributed by atoms with Crippen molar-refractivity contribution in [2.75, 3.05) is 18.5 Å². The van der Waals surface area contributed by atoms with Crippen molar-refractivity contribution in [3.63, 3.8) is 0 Å². The van der Waals surface area contributed by atoms with Crippen LogP contribution in [0.25, 0.3) is 11.3 Å². The lowest BCUT2D eigenvalue weighted by atomic mass is 10.1. The number of anilines is 1. The number of hydrogen-bond acceptors (Lipinski definition) is 7. The van der Waals surface area contributed by atoms with Gasteiger partial charge in [-0.05, 0) is 26.0 Å². The molecule has 1 amide bonds. The highest BCUT2D eigenvalue weighted by Gasteiger charge is 2.11. The summed E-state index contributed by atoms with van der Waals surface area (Å²) in [5, 5.41) is 9.65. The number of benzene rings is 1. The lowest BCUT2D eigenvalue weighted by molar-refractivity contribution is 0.0526. The molecule has 1 N–H and O–H groups in total. The quantitative estimate of drug-likeness (QED) is 0.606. The Morgan fingerprint density at radius 1 is 1.14 bits per heavy atom. The molecule has 3 rings (SSSR count). The molecule has 0 fully saturated rings. The zero-order chi connectivity index (χ0) is 19.9. The minimum Gasteiger partial charge on any atom is -0.462 e. The highest BCUT2D eigenvalue weighted by atomic mass is 32.1. The van der Waals surface area contributed by atoms with Gasteiger partial charge in [0.05, 0.1) is 37.2 Å². The van der Waals surface area contributed by atoms with Gasteiger partial charge >= 0.3 is 12.1 Å². The molecule has 2 aromatic heterocycles. The van der Waals surface area contributed by atoms with Crippen LogP contribution in [0.15, 0.2) is 42.0 Å². The third-order valence-corrected chi connectivity index (χ3v) is 4.53. The molecule has 1 aromatic carbocycles. The number of nitrogens with zero attached hydrogens (tertiary/aromatic N) is 3. The third kappa shape index (κ3) is 4.95. The zero-order valence-corrected chi connectivity index (χ0v) is 16.4. The number of ether oxygens (including phenoxy) is 2. The molecule has 0 aliphatic rings. The van der Waals surface area contributed by atoms with E-state index in [4.69, 9.17) is 9.47 Å². The number of amides is 1. The maximum absolute atomic E-state index is 11.7. The van der Waals surface area contributed by atoms with Crippen LogP contribution in [0, 0.1) is 0 Å². The maximum Gasteiger partial charge on any atom is 0.411 e. The van der Waals surface area contributed by atoms with E-state index in [1.807, 2.05) is 17.5 Å². The number of thiazole rings is 1. The van der Waals surface area contributed by atoms with Crippen LogP contribution in [0.2, 0.25) is 0 Å². The molecule has 2 heterocycles. The lowest BCUT2D eigenvalue weighted by Gasteiger charge is -2.05. The lowest BCUT2D eigenvalue weighted by Crippen LogP contribution is -2.13. The Hall–Kier alpha value is -3.20. The maximum atomic E-state index is 11.7. The number of esters is 1. The third-order valence-electron chi connectivity index (χ3n) is 3.70. The van der Waals surface area contributed by atoms with Gasteiger partial charge in [-0.3, -0.25) is 10.00 Å². The van der Waals surface area contributed by atoms with Crippen molar-refractivity contribution in [3.05, 3.63) is 52.6 Å². The summed E-state index contributed by atoms with van der Waals surface area (Å²) in [4.78, 5) is 27.8. The van der Waals surface area contributed by atoms with Gasteiger partial charge in [-0.25, -0.2) is 14.6 Å². The van der Waals surface area contributed by atoms with Gasteiger partial charge in [0.15, 0.2) is 0 Å². The standard InChI is InChI=1S/C19H20N4O4S/c1-3-26-18(24)14-9-20-23(10-14)11-17-22-16(12-28-17)13-5-7-15(8-6-13)21-19(25)27-4-2/h5-10,12H,3-4,11H2,1-2H3,(H,21,25). The van der Waals surface area contributed by atoms with Crippen LogP contribution in [-0.4, -0.2) is 40.0 Å². The number of nitrogens with one attached hydrogen (secondary N) is 1. The minimum absolute atomic E-state index is 0.322. The summed E-state index contributed by atoms with van der Waals surface area (Å²) in [5.41, 5.74) is 2.84.